The zero-order chi connectivity index (χ0) is 14.9. The molecule has 0 aliphatic carbocycles. The van der Waals surface area contributed by atoms with Crippen LogP contribution in [0.3, 0.4) is 0 Å². The molecule has 0 unspecified atom stereocenters. The fraction of sp³-hybridized carbons (Fsp3) is 0.0769. The lowest BCUT2D eigenvalue weighted by Crippen LogP contribution is -2.14. The van der Waals surface area contributed by atoms with Gasteiger partial charge in [-0.1, -0.05) is 11.6 Å². The first kappa shape index (κ1) is 14.4. The van der Waals surface area contributed by atoms with E-state index >= 15 is 0 Å². The molecule has 0 spiro atoms. The molecule has 7 heteroatoms. The van der Waals surface area contributed by atoms with Crippen LogP contribution in [0.2, 0.25) is 5.02 Å². The van der Waals surface area contributed by atoms with E-state index in [-0.39, 0.29) is 11.3 Å². The maximum absolute atomic E-state index is 12.1. The zero-order valence-corrected chi connectivity index (χ0v) is 12.0. The van der Waals surface area contributed by atoms with E-state index in [1.54, 1.807) is 12.3 Å². The van der Waals surface area contributed by atoms with E-state index in [1.807, 2.05) is 0 Å². The number of carboxylic acid groups (broad SMARTS) is 1. The standard InChI is InChI=1S/C13H11ClN2O3S/c1-6-5-20-11(10(6)14)12(17)16-9-4-7(15)2-3-8(9)13(18)19/h2-5H,15H2,1H3,(H,16,17)(H,18,19). The first-order chi connectivity index (χ1) is 9.40. The van der Waals surface area contributed by atoms with Crippen molar-refractivity contribution in [3.63, 3.8) is 0 Å². The number of thiophene rings is 1. The van der Waals surface area contributed by atoms with Gasteiger partial charge in [-0.25, -0.2) is 4.79 Å². The monoisotopic (exact) mass is 310 g/mol. The van der Waals surface area contributed by atoms with Crippen molar-refractivity contribution in [2.75, 3.05) is 11.1 Å². The van der Waals surface area contributed by atoms with Gasteiger partial charge in [-0.15, -0.1) is 11.3 Å². The number of halogens is 1. The van der Waals surface area contributed by atoms with E-state index in [4.69, 9.17) is 22.4 Å². The summed E-state index contributed by atoms with van der Waals surface area (Å²) in [5.41, 5.74) is 6.88. The van der Waals surface area contributed by atoms with E-state index in [1.165, 1.54) is 29.5 Å². The predicted octanol–water partition coefficient (Wildman–Crippen LogP) is 3.24. The van der Waals surface area contributed by atoms with Crippen LogP contribution in [-0.2, 0) is 0 Å². The number of nitrogens with two attached hydrogens (primary N) is 1. The SMILES string of the molecule is Cc1csc(C(=O)Nc2cc(N)ccc2C(=O)O)c1Cl. The molecule has 104 valence electrons. The molecule has 1 amide bonds. The number of benzene rings is 1. The van der Waals surface area contributed by atoms with E-state index in [9.17, 15) is 9.59 Å². The fourth-order valence-electron chi connectivity index (χ4n) is 1.61. The summed E-state index contributed by atoms with van der Waals surface area (Å²) >= 11 is 7.21. The maximum Gasteiger partial charge on any atom is 0.337 e. The number of aromatic carboxylic acids is 1. The molecule has 0 saturated heterocycles. The van der Waals surface area contributed by atoms with Gasteiger partial charge in [-0.3, -0.25) is 4.79 Å². The summed E-state index contributed by atoms with van der Waals surface area (Å²) in [6.45, 7) is 1.79. The van der Waals surface area contributed by atoms with Crippen LogP contribution in [0.25, 0.3) is 0 Å². The molecule has 0 atom stereocenters. The number of hydrogen-bond donors (Lipinski definition) is 3. The Kier molecular flexibility index (Phi) is 3.96. The fourth-order valence-corrected chi connectivity index (χ4v) is 2.79. The zero-order valence-electron chi connectivity index (χ0n) is 10.4. The molecule has 2 rings (SSSR count). The van der Waals surface area contributed by atoms with Crippen molar-refractivity contribution < 1.29 is 14.7 Å². The van der Waals surface area contributed by atoms with Crippen LogP contribution < -0.4 is 11.1 Å². The van der Waals surface area contributed by atoms with Gasteiger partial charge in [0.25, 0.3) is 5.91 Å². The molecule has 1 aromatic heterocycles. The summed E-state index contributed by atoms with van der Waals surface area (Å²) in [6, 6.07) is 4.20. The van der Waals surface area contributed by atoms with Crippen LogP contribution in [0.4, 0.5) is 11.4 Å². The van der Waals surface area contributed by atoms with E-state index in [0.29, 0.717) is 15.6 Å². The number of carbonyl (C=O) groups is 2. The third-order valence-electron chi connectivity index (χ3n) is 2.63. The Labute approximate surface area is 124 Å². The van der Waals surface area contributed by atoms with Crippen molar-refractivity contribution in [3.8, 4) is 0 Å². The highest BCUT2D eigenvalue weighted by Crippen LogP contribution is 2.28. The average molecular weight is 311 g/mol. The van der Waals surface area contributed by atoms with Gasteiger partial charge in [0.15, 0.2) is 0 Å². The molecule has 1 heterocycles. The van der Waals surface area contributed by atoms with Crippen LogP contribution >= 0.6 is 22.9 Å². The number of anilines is 2. The van der Waals surface area contributed by atoms with E-state index < -0.39 is 11.9 Å². The van der Waals surface area contributed by atoms with Gasteiger partial charge >= 0.3 is 5.97 Å². The van der Waals surface area contributed by atoms with Crippen molar-refractivity contribution in [1.29, 1.82) is 0 Å². The first-order valence-corrected chi connectivity index (χ1v) is 6.83. The van der Waals surface area contributed by atoms with Gasteiger partial charge in [-0.05, 0) is 36.1 Å². The molecule has 0 bridgehead atoms. The Balaban J connectivity index is 2.35. The summed E-state index contributed by atoms with van der Waals surface area (Å²) in [4.78, 5) is 23.6. The Morgan fingerprint density at radius 1 is 1.40 bits per heavy atom. The quantitative estimate of drug-likeness (QED) is 0.759. The van der Waals surface area contributed by atoms with Crippen molar-refractivity contribution in [1.82, 2.24) is 0 Å². The van der Waals surface area contributed by atoms with E-state index in [0.717, 1.165) is 5.56 Å². The minimum Gasteiger partial charge on any atom is -0.478 e. The predicted molar refractivity (Wildman–Crippen MR) is 79.8 cm³/mol. The number of aryl methyl sites for hydroxylation is 1. The Morgan fingerprint density at radius 2 is 2.10 bits per heavy atom. The number of carboxylic acids is 1. The number of hydrogen-bond acceptors (Lipinski definition) is 4. The number of amides is 1. The van der Waals surface area contributed by atoms with Crippen LogP contribution in [0, 0.1) is 6.92 Å². The summed E-state index contributed by atoms with van der Waals surface area (Å²) in [7, 11) is 0. The summed E-state index contributed by atoms with van der Waals surface area (Å²) in [5, 5.41) is 13.7. The van der Waals surface area contributed by atoms with Gasteiger partial charge in [0.1, 0.15) is 4.88 Å². The average Bonchev–Trinajstić information content (AvgIpc) is 2.69. The molecular formula is C13H11ClN2O3S. The second kappa shape index (κ2) is 5.52. The van der Waals surface area contributed by atoms with E-state index in [2.05, 4.69) is 5.32 Å². The van der Waals surface area contributed by atoms with Crippen LogP contribution in [0.1, 0.15) is 25.6 Å². The Bertz CT molecular complexity index is 697. The second-order valence-corrected chi connectivity index (χ2v) is 5.38. The Morgan fingerprint density at radius 3 is 2.65 bits per heavy atom. The molecular weight excluding hydrogens is 300 g/mol. The summed E-state index contributed by atoms with van der Waals surface area (Å²) in [5.74, 6) is -1.60. The van der Waals surface area contributed by atoms with Crippen molar-refractivity contribution in [2.45, 2.75) is 6.92 Å². The van der Waals surface area contributed by atoms with Gasteiger partial charge in [-0.2, -0.15) is 0 Å². The van der Waals surface area contributed by atoms with Crippen LogP contribution in [-0.4, -0.2) is 17.0 Å². The van der Waals surface area contributed by atoms with Crippen LogP contribution in [0.5, 0.6) is 0 Å². The van der Waals surface area contributed by atoms with Crippen molar-refractivity contribution in [2.24, 2.45) is 0 Å². The van der Waals surface area contributed by atoms with Crippen molar-refractivity contribution >= 4 is 46.2 Å². The van der Waals surface area contributed by atoms with Gasteiger partial charge in [0.05, 0.1) is 16.3 Å². The normalized spacial score (nSPS) is 10.3. The van der Waals surface area contributed by atoms with Crippen LogP contribution in [0.15, 0.2) is 23.6 Å². The first-order valence-electron chi connectivity index (χ1n) is 5.58. The topological polar surface area (TPSA) is 92.4 Å². The Hall–Kier alpha value is -2.05. The molecule has 20 heavy (non-hydrogen) atoms. The third kappa shape index (κ3) is 2.76. The second-order valence-electron chi connectivity index (χ2n) is 4.13. The molecule has 0 radical (unpaired) electrons. The lowest BCUT2D eigenvalue weighted by atomic mass is 10.1. The highest BCUT2D eigenvalue weighted by molar-refractivity contribution is 7.13. The summed E-state index contributed by atoms with van der Waals surface area (Å²) < 4.78 is 0. The highest BCUT2D eigenvalue weighted by Gasteiger charge is 2.18. The van der Waals surface area contributed by atoms with Gasteiger partial charge < -0.3 is 16.2 Å². The van der Waals surface area contributed by atoms with Gasteiger partial charge in [0.2, 0.25) is 0 Å². The minimum absolute atomic E-state index is 0.0306. The molecule has 0 aliphatic heterocycles. The third-order valence-corrected chi connectivity index (χ3v) is 4.32. The lowest BCUT2D eigenvalue weighted by Gasteiger charge is -2.08. The molecule has 2 aromatic rings. The molecule has 0 saturated carbocycles. The number of nitrogens with one attached hydrogen (secondary N) is 1. The molecule has 1 aromatic carbocycles. The summed E-state index contributed by atoms with van der Waals surface area (Å²) in [6.07, 6.45) is 0. The van der Waals surface area contributed by atoms with Crippen molar-refractivity contribution in [3.05, 3.63) is 44.6 Å². The highest BCUT2D eigenvalue weighted by atomic mass is 35.5. The number of nitrogen functional groups attached to an aromatic ring is 1. The van der Waals surface area contributed by atoms with Gasteiger partial charge in [0, 0.05) is 5.69 Å². The number of carbonyl (C=O) groups excluding carboxylic acids is 1. The largest absolute Gasteiger partial charge is 0.478 e. The molecule has 5 nitrogen and oxygen atoms in total. The number of rotatable bonds is 3. The smallest absolute Gasteiger partial charge is 0.337 e. The minimum atomic E-state index is -1.14. The molecule has 0 fully saturated rings. The lowest BCUT2D eigenvalue weighted by molar-refractivity contribution is 0.0698. The molecule has 0 aliphatic rings. The maximum atomic E-state index is 12.1. The molecule has 4 N–H and O–H groups in total.